The van der Waals surface area contributed by atoms with Crippen molar-refractivity contribution < 1.29 is 17.9 Å². The Labute approximate surface area is 208 Å². The second kappa shape index (κ2) is 9.77. The standard InChI is InChI=1S/C26H31F3N6O/c1-2-31-22-18-7-16-8-19(22)11-25(9-16,10-18)15-34-23-20(12-30)14-33-24(35-23)32-13-17-5-3-4-6-21(17)36-26(27,28)29/h3-6,14,16,18-19,22,31H,2,7-11,13,15H2,1H3,(H2,32,33,34,35)/t16?,18-,19+,22?,25?. The molecule has 10 heteroatoms. The van der Waals surface area contributed by atoms with Crippen LogP contribution in [-0.4, -0.2) is 35.5 Å². The van der Waals surface area contributed by atoms with E-state index in [4.69, 9.17) is 0 Å². The maximum atomic E-state index is 12.7. The van der Waals surface area contributed by atoms with E-state index in [0.29, 0.717) is 34.8 Å². The average Bonchev–Trinajstić information content (AvgIpc) is 2.83. The Kier molecular flexibility index (Phi) is 6.68. The van der Waals surface area contributed by atoms with Crippen LogP contribution in [0, 0.1) is 34.5 Å². The van der Waals surface area contributed by atoms with Gasteiger partial charge in [-0.1, -0.05) is 25.1 Å². The van der Waals surface area contributed by atoms with Gasteiger partial charge in [-0.2, -0.15) is 10.2 Å². The Morgan fingerprint density at radius 2 is 1.89 bits per heavy atom. The molecule has 0 spiro atoms. The second-order valence-corrected chi connectivity index (χ2v) is 10.5. The highest BCUT2D eigenvalue weighted by molar-refractivity contribution is 5.53. The molecule has 1 heterocycles. The van der Waals surface area contributed by atoms with Gasteiger partial charge < -0.3 is 20.7 Å². The maximum Gasteiger partial charge on any atom is 0.573 e. The molecule has 0 aliphatic heterocycles. The van der Waals surface area contributed by atoms with E-state index in [1.165, 1.54) is 50.4 Å². The highest BCUT2D eigenvalue weighted by Gasteiger charge is 2.54. The number of hydrogen-bond donors (Lipinski definition) is 3. The van der Waals surface area contributed by atoms with Gasteiger partial charge in [0, 0.05) is 24.7 Å². The van der Waals surface area contributed by atoms with Gasteiger partial charge in [-0.3, -0.25) is 0 Å². The molecule has 36 heavy (non-hydrogen) atoms. The van der Waals surface area contributed by atoms with Crippen LogP contribution in [0.3, 0.4) is 0 Å². The van der Waals surface area contributed by atoms with E-state index in [1.807, 2.05) is 0 Å². The molecule has 4 fully saturated rings. The number of benzene rings is 1. The number of nitrogens with one attached hydrogen (secondary N) is 3. The van der Waals surface area contributed by atoms with Crippen LogP contribution < -0.4 is 20.7 Å². The van der Waals surface area contributed by atoms with Crippen molar-refractivity contribution in [2.45, 2.75) is 58.0 Å². The smallest absolute Gasteiger partial charge is 0.405 e. The average molecular weight is 501 g/mol. The molecule has 0 saturated heterocycles. The van der Waals surface area contributed by atoms with Gasteiger partial charge in [-0.25, -0.2) is 4.98 Å². The topological polar surface area (TPSA) is 94.9 Å². The number of hydrogen-bond acceptors (Lipinski definition) is 7. The molecule has 0 radical (unpaired) electrons. The summed E-state index contributed by atoms with van der Waals surface area (Å²) in [4.78, 5) is 8.67. The van der Waals surface area contributed by atoms with Gasteiger partial charge >= 0.3 is 6.36 Å². The van der Waals surface area contributed by atoms with Gasteiger partial charge in [-0.15, -0.1) is 13.2 Å². The first-order valence-corrected chi connectivity index (χ1v) is 12.6. The molecule has 7 nitrogen and oxygen atoms in total. The lowest BCUT2D eigenvalue weighted by Crippen LogP contribution is -2.59. The molecule has 1 aromatic carbocycles. The van der Waals surface area contributed by atoms with Crippen LogP contribution in [0.2, 0.25) is 0 Å². The molecule has 3 unspecified atom stereocenters. The third-order valence-corrected chi connectivity index (χ3v) is 8.02. The Balaban J connectivity index is 1.27. The lowest BCUT2D eigenvalue weighted by molar-refractivity contribution is -0.274. The Hall–Kier alpha value is -3.06. The predicted molar refractivity (Wildman–Crippen MR) is 129 cm³/mol. The lowest BCUT2D eigenvalue weighted by atomic mass is 9.48. The van der Waals surface area contributed by atoms with Crippen molar-refractivity contribution in [3.8, 4) is 11.8 Å². The number of alkyl halides is 3. The molecule has 0 amide bonds. The summed E-state index contributed by atoms with van der Waals surface area (Å²) in [6.07, 6.45) is 2.84. The van der Waals surface area contributed by atoms with Crippen molar-refractivity contribution in [3.63, 3.8) is 0 Å². The zero-order chi connectivity index (χ0) is 25.3. The molecular formula is C26H31F3N6O. The molecule has 4 aliphatic carbocycles. The first kappa shape index (κ1) is 24.6. The highest BCUT2D eigenvalue weighted by Crippen LogP contribution is 2.60. The van der Waals surface area contributed by atoms with Crippen molar-refractivity contribution in [1.29, 1.82) is 5.26 Å². The SMILES string of the molecule is CCNC1[C@@H]2CC3C[C@H]1CC(CNc1nc(NCc4ccccc4OC(F)(F)F)ncc1C#N)(C3)C2. The van der Waals surface area contributed by atoms with E-state index in [9.17, 15) is 18.4 Å². The van der Waals surface area contributed by atoms with Gasteiger partial charge in [0.1, 0.15) is 23.2 Å². The molecule has 5 atom stereocenters. The zero-order valence-electron chi connectivity index (χ0n) is 20.2. The maximum absolute atomic E-state index is 12.7. The summed E-state index contributed by atoms with van der Waals surface area (Å²) in [5.41, 5.74) is 0.874. The Morgan fingerprint density at radius 1 is 1.14 bits per heavy atom. The largest absolute Gasteiger partial charge is 0.573 e. The van der Waals surface area contributed by atoms with E-state index in [1.54, 1.807) is 12.1 Å². The summed E-state index contributed by atoms with van der Waals surface area (Å²) in [6, 6.07) is 8.70. The van der Waals surface area contributed by atoms with Crippen LogP contribution in [-0.2, 0) is 6.54 Å². The number of halogens is 3. The highest BCUT2D eigenvalue weighted by atomic mass is 19.4. The van der Waals surface area contributed by atoms with Gasteiger partial charge in [-0.05, 0) is 67.9 Å². The summed E-state index contributed by atoms with van der Waals surface area (Å²) >= 11 is 0. The molecule has 3 N–H and O–H groups in total. The molecule has 192 valence electrons. The first-order chi connectivity index (χ1) is 17.3. The number of anilines is 2. The van der Waals surface area contributed by atoms with Crippen molar-refractivity contribution in [2.75, 3.05) is 23.7 Å². The predicted octanol–water partition coefficient (Wildman–Crippen LogP) is 5.08. The Bertz CT molecular complexity index is 1120. The van der Waals surface area contributed by atoms with Gasteiger partial charge in [0.15, 0.2) is 0 Å². The number of aromatic nitrogens is 2. The summed E-state index contributed by atoms with van der Waals surface area (Å²) in [5.74, 6) is 2.59. The van der Waals surface area contributed by atoms with Crippen LogP contribution in [0.4, 0.5) is 24.9 Å². The lowest BCUT2D eigenvalue weighted by Gasteiger charge is -2.60. The van der Waals surface area contributed by atoms with Crippen LogP contribution in [0.1, 0.15) is 50.2 Å². The number of nitriles is 1. The van der Waals surface area contributed by atoms with Crippen LogP contribution in [0.5, 0.6) is 5.75 Å². The number of ether oxygens (including phenoxy) is 1. The summed E-state index contributed by atoms with van der Waals surface area (Å²) in [6.45, 7) is 3.97. The molecule has 4 saturated carbocycles. The quantitative estimate of drug-likeness (QED) is 0.442. The normalized spacial score (nSPS) is 28.5. The monoisotopic (exact) mass is 500 g/mol. The summed E-state index contributed by atoms with van der Waals surface area (Å²) < 4.78 is 42.3. The number of para-hydroxylation sites is 1. The first-order valence-electron chi connectivity index (χ1n) is 12.6. The van der Waals surface area contributed by atoms with Crippen molar-refractivity contribution in [1.82, 2.24) is 15.3 Å². The van der Waals surface area contributed by atoms with Crippen LogP contribution >= 0.6 is 0 Å². The van der Waals surface area contributed by atoms with E-state index >= 15 is 0 Å². The van der Waals surface area contributed by atoms with E-state index < -0.39 is 6.36 Å². The van der Waals surface area contributed by atoms with Crippen LogP contribution in [0.15, 0.2) is 30.5 Å². The fraction of sp³-hybridized carbons (Fsp3) is 0.577. The Morgan fingerprint density at radius 3 is 2.58 bits per heavy atom. The van der Waals surface area contributed by atoms with E-state index in [0.717, 1.165) is 19.0 Å². The van der Waals surface area contributed by atoms with Gasteiger partial charge in [0.05, 0.1) is 6.20 Å². The molecule has 1 aromatic heterocycles. The second-order valence-electron chi connectivity index (χ2n) is 10.5. The minimum absolute atomic E-state index is 0.0401. The molecule has 6 rings (SSSR count). The molecule has 2 aromatic rings. The zero-order valence-corrected chi connectivity index (χ0v) is 20.2. The van der Waals surface area contributed by atoms with Gasteiger partial charge in [0.25, 0.3) is 0 Å². The fourth-order valence-electron chi connectivity index (χ4n) is 6.98. The fourth-order valence-corrected chi connectivity index (χ4v) is 6.98. The van der Waals surface area contributed by atoms with Crippen LogP contribution in [0.25, 0.3) is 0 Å². The molecule has 4 aliphatic rings. The van der Waals surface area contributed by atoms with E-state index in [2.05, 4.69) is 43.6 Å². The third kappa shape index (κ3) is 5.21. The van der Waals surface area contributed by atoms with E-state index in [-0.39, 0.29) is 23.7 Å². The number of rotatable bonds is 9. The minimum Gasteiger partial charge on any atom is -0.405 e. The summed E-state index contributed by atoms with van der Waals surface area (Å²) in [7, 11) is 0. The molecule has 4 bridgehead atoms. The minimum atomic E-state index is -4.78. The van der Waals surface area contributed by atoms with Crippen molar-refractivity contribution >= 4 is 11.8 Å². The molecular weight excluding hydrogens is 469 g/mol. The summed E-state index contributed by atoms with van der Waals surface area (Å²) in [5, 5.41) is 19.7. The van der Waals surface area contributed by atoms with Gasteiger partial charge in [0.2, 0.25) is 5.95 Å². The third-order valence-electron chi connectivity index (χ3n) is 8.02. The van der Waals surface area contributed by atoms with Crippen molar-refractivity contribution in [2.24, 2.45) is 23.2 Å². The van der Waals surface area contributed by atoms with Crippen molar-refractivity contribution in [3.05, 3.63) is 41.6 Å². The number of nitrogens with zero attached hydrogens (tertiary/aromatic N) is 3.